The molecule has 4 rings (SSSR count). The highest BCUT2D eigenvalue weighted by molar-refractivity contribution is 5.95. The summed E-state index contributed by atoms with van der Waals surface area (Å²) in [7, 11) is 0. The van der Waals surface area contributed by atoms with Crippen molar-refractivity contribution < 1.29 is 22.8 Å². The van der Waals surface area contributed by atoms with Crippen LogP contribution in [0.5, 0.6) is 0 Å². The highest BCUT2D eigenvalue weighted by atomic mass is 19.1. The highest BCUT2D eigenvalue weighted by Gasteiger charge is 2.28. The smallest absolute Gasteiger partial charge is 0.268 e. The molecule has 2 amide bonds. The first kappa shape index (κ1) is 18.0. The minimum absolute atomic E-state index is 0.0655. The molecule has 0 radical (unpaired) electrons. The van der Waals surface area contributed by atoms with Crippen LogP contribution in [0.4, 0.5) is 8.78 Å². The quantitative estimate of drug-likeness (QED) is 0.709. The van der Waals surface area contributed by atoms with Gasteiger partial charge in [-0.3, -0.25) is 9.59 Å². The number of hydrogen-bond donors (Lipinski definition) is 2. The molecule has 3 heterocycles. The lowest BCUT2D eigenvalue weighted by Gasteiger charge is -2.26. The molecule has 0 fully saturated rings. The van der Waals surface area contributed by atoms with E-state index in [9.17, 15) is 18.4 Å². The van der Waals surface area contributed by atoms with Gasteiger partial charge in [0, 0.05) is 30.3 Å². The van der Waals surface area contributed by atoms with Crippen molar-refractivity contribution in [3.8, 4) is 11.1 Å². The van der Waals surface area contributed by atoms with Crippen molar-refractivity contribution in [3.05, 3.63) is 71.9 Å². The minimum atomic E-state index is -0.586. The first-order chi connectivity index (χ1) is 13.5. The molecule has 144 valence electrons. The van der Waals surface area contributed by atoms with Gasteiger partial charge in [0.25, 0.3) is 5.91 Å². The number of amides is 2. The maximum Gasteiger partial charge on any atom is 0.268 e. The number of furan rings is 1. The fourth-order valence-electron chi connectivity index (χ4n) is 3.28. The number of halogens is 2. The first-order valence-electron chi connectivity index (χ1n) is 8.76. The number of carbonyl (C=O) groups excluding carboxylic acids is 2. The van der Waals surface area contributed by atoms with Gasteiger partial charge >= 0.3 is 0 Å². The number of benzene rings is 1. The van der Waals surface area contributed by atoms with Gasteiger partial charge in [-0.25, -0.2) is 8.78 Å². The Bertz CT molecular complexity index is 1030. The molecule has 8 heteroatoms. The normalized spacial score (nSPS) is 15.8. The van der Waals surface area contributed by atoms with E-state index in [1.165, 1.54) is 12.3 Å². The molecule has 6 nitrogen and oxygen atoms in total. The third-order valence-corrected chi connectivity index (χ3v) is 4.67. The number of carbonyl (C=O) groups is 2. The van der Waals surface area contributed by atoms with E-state index < -0.39 is 11.6 Å². The van der Waals surface area contributed by atoms with Crippen molar-refractivity contribution in [2.24, 2.45) is 0 Å². The van der Waals surface area contributed by atoms with Crippen molar-refractivity contribution in [2.75, 3.05) is 6.54 Å². The topological polar surface area (TPSA) is 76.3 Å². The summed E-state index contributed by atoms with van der Waals surface area (Å²) in [6.45, 7) is 0.531. The molecule has 1 aliphatic rings. The van der Waals surface area contributed by atoms with Crippen LogP contribution in [-0.4, -0.2) is 22.9 Å². The van der Waals surface area contributed by atoms with Crippen molar-refractivity contribution in [2.45, 2.75) is 19.0 Å². The van der Waals surface area contributed by atoms with Gasteiger partial charge in [0.05, 0.1) is 18.8 Å². The number of rotatable bonds is 5. The fraction of sp³-hybridized carbons (Fsp3) is 0.200. The first-order valence-corrected chi connectivity index (χ1v) is 8.76. The minimum Gasteiger partial charge on any atom is -0.467 e. The lowest BCUT2D eigenvalue weighted by molar-refractivity contribution is -0.122. The maximum atomic E-state index is 14.1. The zero-order chi connectivity index (χ0) is 19.7. The molecule has 3 aromatic rings. The van der Waals surface area contributed by atoms with E-state index in [0.29, 0.717) is 17.0 Å². The molecule has 1 atom stereocenters. The molecule has 2 N–H and O–H groups in total. The van der Waals surface area contributed by atoms with Crippen molar-refractivity contribution in [1.29, 1.82) is 0 Å². The monoisotopic (exact) mass is 385 g/mol. The highest BCUT2D eigenvalue weighted by Crippen LogP contribution is 2.30. The van der Waals surface area contributed by atoms with E-state index in [0.717, 1.165) is 18.2 Å². The Morgan fingerprint density at radius 2 is 2.14 bits per heavy atom. The van der Waals surface area contributed by atoms with Crippen LogP contribution in [0, 0.1) is 11.6 Å². The summed E-state index contributed by atoms with van der Waals surface area (Å²) < 4.78 is 34.5. The lowest BCUT2D eigenvalue weighted by atomic mass is 10.1. The van der Waals surface area contributed by atoms with Gasteiger partial charge < -0.3 is 19.6 Å². The van der Waals surface area contributed by atoms with E-state index in [-0.39, 0.29) is 42.9 Å². The summed E-state index contributed by atoms with van der Waals surface area (Å²) >= 11 is 0. The standard InChI is InChI=1S/C20H17F2N3O3/c21-13-3-4-17(22)16(7-13)12-6-18-20(27)24-9-14(25(18)11-12)8-19(26)23-10-15-2-1-5-28-15/h1-7,11,14H,8-10H2,(H,23,26)(H,24,27). The molecular formula is C20H17F2N3O3. The second-order valence-electron chi connectivity index (χ2n) is 6.57. The van der Waals surface area contributed by atoms with Gasteiger partial charge in [-0.05, 0) is 36.4 Å². The van der Waals surface area contributed by atoms with E-state index >= 15 is 0 Å². The third kappa shape index (κ3) is 3.53. The Morgan fingerprint density at radius 1 is 1.29 bits per heavy atom. The third-order valence-electron chi connectivity index (χ3n) is 4.67. The molecule has 0 aliphatic carbocycles. The summed E-state index contributed by atoms with van der Waals surface area (Å²) in [6, 6.07) is 7.81. The van der Waals surface area contributed by atoms with E-state index in [1.807, 2.05) is 0 Å². The zero-order valence-corrected chi connectivity index (χ0v) is 14.7. The van der Waals surface area contributed by atoms with Crippen molar-refractivity contribution >= 4 is 11.8 Å². The Hall–Kier alpha value is -3.42. The Kier molecular flexibility index (Phi) is 4.68. The molecular weight excluding hydrogens is 368 g/mol. The van der Waals surface area contributed by atoms with Gasteiger partial charge in [0.2, 0.25) is 5.91 Å². The SMILES string of the molecule is O=C(CC1CNC(=O)c2cc(-c3cc(F)ccc3F)cn21)NCc1ccco1. The van der Waals surface area contributed by atoms with E-state index in [4.69, 9.17) is 4.42 Å². The molecule has 0 spiro atoms. The molecule has 0 saturated carbocycles. The molecule has 0 saturated heterocycles. The van der Waals surface area contributed by atoms with E-state index in [2.05, 4.69) is 10.6 Å². The van der Waals surface area contributed by atoms with Crippen molar-refractivity contribution in [1.82, 2.24) is 15.2 Å². The number of hydrogen-bond acceptors (Lipinski definition) is 3. The van der Waals surface area contributed by atoms with Crippen LogP contribution in [0.15, 0.2) is 53.3 Å². The number of fused-ring (bicyclic) bond motifs is 1. The fourth-order valence-corrected chi connectivity index (χ4v) is 3.28. The molecule has 28 heavy (non-hydrogen) atoms. The van der Waals surface area contributed by atoms with Crippen LogP contribution < -0.4 is 10.6 Å². The van der Waals surface area contributed by atoms with Crippen LogP contribution in [0.3, 0.4) is 0 Å². The second-order valence-corrected chi connectivity index (χ2v) is 6.57. The second kappa shape index (κ2) is 7.30. The molecule has 1 aromatic carbocycles. The van der Waals surface area contributed by atoms with Gasteiger partial charge in [-0.2, -0.15) is 0 Å². The average molecular weight is 385 g/mol. The largest absolute Gasteiger partial charge is 0.467 e. The Balaban J connectivity index is 1.55. The Morgan fingerprint density at radius 3 is 2.93 bits per heavy atom. The summed E-state index contributed by atoms with van der Waals surface area (Å²) in [6.07, 6.45) is 3.22. The van der Waals surface area contributed by atoms with Crippen LogP contribution >= 0.6 is 0 Å². The van der Waals surface area contributed by atoms with Crippen LogP contribution in [0.25, 0.3) is 11.1 Å². The van der Waals surface area contributed by atoms with Crippen LogP contribution in [-0.2, 0) is 11.3 Å². The predicted molar refractivity (Wildman–Crippen MR) is 96.3 cm³/mol. The number of nitrogens with zero attached hydrogens (tertiary/aromatic N) is 1. The summed E-state index contributed by atoms with van der Waals surface area (Å²) in [5.74, 6) is -1.06. The summed E-state index contributed by atoms with van der Waals surface area (Å²) in [5, 5.41) is 5.49. The van der Waals surface area contributed by atoms with Gasteiger partial charge in [-0.15, -0.1) is 0 Å². The maximum absolute atomic E-state index is 14.1. The number of nitrogens with one attached hydrogen (secondary N) is 2. The van der Waals surface area contributed by atoms with Crippen LogP contribution in [0.2, 0.25) is 0 Å². The lowest BCUT2D eigenvalue weighted by Crippen LogP contribution is -2.40. The molecule has 2 aromatic heterocycles. The Labute approximate surface area is 159 Å². The average Bonchev–Trinajstić information content (AvgIpc) is 3.34. The van der Waals surface area contributed by atoms with E-state index in [1.54, 1.807) is 22.9 Å². The molecule has 1 aliphatic heterocycles. The summed E-state index contributed by atoms with van der Waals surface area (Å²) in [5.41, 5.74) is 0.745. The predicted octanol–water partition coefficient (Wildman–Crippen LogP) is 3.02. The van der Waals surface area contributed by atoms with Gasteiger partial charge in [0.1, 0.15) is 23.1 Å². The van der Waals surface area contributed by atoms with Crippen LogP contribution in [0.1, 0.15) is 28.7 Å². The summed E-state index contributed by atoms with van der Waals surface area (Å²) in [4.78, 5) is 24.5. The van der Waals surface area contributed by atoms with Gasteiger partial charge in [0.15, 0.2) is 0 Å². The van der Waals surface area contributed by atoms with Crippen molar-refractivity contribution in [3.63, 3.8) is 0 Å². The zero-order valence-electron chi connectivity index (χ0n) is 14.7. The number of aromatic nitrogens is 1. The van der Waals surface area contributed by atoms with Gasteiger partial charge in [-0.1, -0.05) is 0 Å². The molecule has 0 bridgehead atoms. The molecule has 1 unspecified atom stereocenters.